The lowest BCUT2D eigenvalue weighted by Gasteiger charge is -2.44. The highest BCUT2D eigenvalue weighted by atomic mass is 16.3. The molecule has 3 aliphatic carbocycles. The summed E-state index contributed by atoms with van der Waals surface area (Å²) in [7, 11) is 0. The molecule has 3 saturated carbocycles. The summed E-state index contributed by atoms with van der Waals surface area (Å²) in [6.07, 6.45) is 14.6. The molecule has 3 heteroatoms. The highest BCUT2D eigenvalue weighted by Crippen LogP contribution is 2.59. The van der Waals surface area contributed by atoms with Crippen LogP contribution in [0.15, 0.2) is 47.6 Å². The van der Waals surface area contributed by atoms with Gasteiger partial charge in [-0.2, -0.15) is 0 Å². The number of hydrogen-bond acceptors (Lipinski definition) is 3. The maximum absolute atomic E-state index is 10.6. The normalized spacial score (nSPS) is 40.0. The number of hydrogen-bond donors (Lipinski definition) is 3. The van der Waals surface area contributed by atoms with Crippen LogP contribution in [0.5, 0.6) is 0 Å². The predicted molar refractivity (Wildman–Crippen MR) is 128 cm³/mol. The summed E-state index contributed by atoms with van der Waals surface area (Å²) >= 11 is 0. The van der Waals surface area contributed by atoms with Gasteiger partial charge in [-0.25, -0.2) is 0 Å². The number of rotatable bonds is 5. The molecule has 0 aromatic rings. The summed E-state index contributed by atoms with van der Waals surface area (Å²) in [4.78, 5) is 0. The number of aliphatic hydroxyl groups is 3. The molecule has 2 unspecified atom stereocenters. The summed E-state index contributed by atoms with van der Waals surface area (Å²) in [5, 5.41) is 30.8. The Balaban J connectivity index is 1.78. The summed E-state index contributed by atoms with van der Waals surface area (Å²) in [6.45, 7) is 14.9. The molecule has 31 heavy (non-hydrogen) atoms. The van der Waals surface area contributed by atoms with Gasteiger partial charge in [0.1, 0.15) is 0 Å². The third-order valence-corrected chi connectivity index (χ3v) is 8.84. The molecule has 174 valence electrons. The Morgan fingerprint density at radius 2 is 1.87 bits per heavy atom. The van der Waals surface area contributed by atoms with Gasteiger partial charge in [-0.05, 0) is 85.7 Å². The predicted octanol–water partition coefficient (Wildman–Crippen LogP) is 5.73. The number of fused-ring (bicyclic) bond motifs is 1. The van der Waals surface area contributed by atoms with E-state index >= 15 is 0 Å². The van der Waals surface area contributed by atoms with Crippen LogP contribution in [-0.4, -0.2) is 33.1 Å². The fourth-order valence-electron chi connectivity index (χ4n) is 6.28. The van der Waals surface area contributed by atoms with Gasteiger partial charge in [-0.15, -0.1) is 0 Å². The van der Waals surface area contributed by atoms with Crippen LogP contribution in [0.1, 0.15) is 79.6 Å². The standard InChI is InChI=1S/C28H44O3/c1-18(2)28(6,31)15-13-19(3)24-11-12-25-21(8-7-14-27(24,25)5)9-10-22-16-23(29)17-26(30)20(22)4/h9-10,13,15,18-19,23-26,29-31H,4,7-8,11-12,14,16-17H2,1-3,5-6H3/t19-,23-,24-,25?,26?,27-,28-/m1/s1. The van der Waals surface area contributed by atoms with Gasteiger partial charge in [0.2, 0.25) is 0 Å². The fourth-order valence-corrected chi connectivity index (χ4v) is 6.28. The molecule has 3 nitrogen and oxygen atoms in total. The minimum Gasteiger partial charge on any atom is -0.393 e. The second-order valence-corrected chi connectivity index (χ2v) is 11.3. The van der Waals surface area contributed by atoms with Gasteiger partial charge < -0.3 is 15.3 Å². The first-order valence-corrected chi connectivity index (χ1v) is 12.3. The van der Waals surface area contributed by atoms with E-state index in [0.717, 1.165) is 17.6 Å². The molecule has 0 aromatic heterocycles. The smallest absolute Gasteiger partial charge is 0.0822 e. The van der Waals surface area contributed by atoms with Crippen LogP contribution in [0, 0.1) is 29.1 Å². The fraction of sp³-hybridized carbons (Fsp3) is 0.714. The van der Waals surface area contributed by atoms with Gasteiger partial charge in [0.05, 0.1) is 17.8 Å². The summed E-state index contributed by atoms with van der Waals surface area (Å²) in [5.41, 5.74) is 2.82. The molecule has 3 fully saturated rings. The van der Waals surface area contributed by atoms with E-state index < -0.39 is 17.8 Å². The summed E-state index contributed by atoms with van der Waals surface area (Å²) in [5.74, 6) is 1.87. The lowest BCUT2D eigenvalue weighted by atomic mass is 9.61. The Hall–Kier alpha value is -1.16. The Bertz CT molecular complexity index is 756. The first kappa shape index (κ1) is 24.5. The van der Waals surface area contributed by atoms with Gasteiger partial charge in [0.25, 0.3) is 0 Å². The van der Waals surface area contributed by atoms with Crippen molar-refractivity contribution in [3.05, 3.63) is 47.6 Å². The SMILES string of the molecule is C=C1C(=CC=C2CCC[C@@]3(C)C2CC[C@@H]3[C@H](C)C=C[C@@](C)(O)C(C)C)C[C@@H](O)CC1O. The Morgan fingerprint density at radius 3 is 2.55 bits per heavy atom. The number of aliphatic hydroxyl groups excluding tert-OH is 2. The molecular formula is C28H44O3. The van der Waals surface area contributed by atoms with Gasteiger partial charge in [0.15, 0.2) is 0 Å². The van der Waals surface area contributed by atoms with Crippen LogP contribution < -0.4 is 0 Å². The molecule has 0 saturated heterocycles. The quantitative estimate of drug-likeness (QED) is 0.490. The van der Waals surface area contributed by atoms with Crippen LogP contribution in [0.3, 0.4) is 0 Å². The van der Waals surface area contributed by atoms with Crippen LogP contribution in [-0.2, 0) is 0 Å². The minimum absolute atomic E-state index is 0.201. The molecule has 0 bridgehead atoms. The molecule has 0 amide bonds. The van der Waals surface area contributed by atoms with Gasteiger partial charge in [0, 0.05) is 6.42 Å². The topological polar surface area (TPSA) is 60.7 Å². The van der Waals surface area contributed by atoms with Crippen molar-refractivity contribution >= 4 is 0 Å². The van der Waals surface area contributed by atoms with Gasteiger partial charge in [-0.1, -0.05) is 64.2 Å². The van der Waals surface area contributed by atoms with E-state index in [9.17, 15) is 15.3 Å². The third-order valence-electron chi connectivity index (χ3n) is 8.84. The lowest BCUT2D eigenvalue weighted by molar-refractivity contribution is 0.0607. The van der Waals surface area contributed by atoms with Crippen molar-refractivity contribution in [1.82, 2.24) is 0 Å². The van der Waals surface area contributed by atoms with Gasteiger partial charge in [-0.3, -0.25) is 0 Å². The minimum atomic E-state index is -0.755. The Kier molecular flexibility index (Phi) is 7.40. The molecule has 7 atom stereocenters. The van der Waals surface area contributed by atoms with Crippen molar-refractivity contribution < 1.29 is 15.3 Å². The van der Waals surface area contributed by atoms with E-state index in [1.54, 1.807) is 0 Å². The average molecular weight is 429 g/mol. The zero-order chi connectivity index (χ0) is 23.0. The summed E-state index contributed by atoms with van der Waals surface area (Å²) < 4.78 is 0. The van der Waals surface area contributed by atoms with Gasteiger partial charge >= 0.3 is 0 Å². The molecule has 0 spiro atoms. The first-order chi connectivity index (χ1) is 14.5. The molecular weight excluding hydrogens is 384 g/mol. The van der Waals surface area contributed by atoms with Crippen molar-refractivity contribution in [2.75, 3.05) is 0 Å². The highest BCUT2D eigenvalue weighted by Gasteiger charge is 2.50. The zero-order valence-corrected chi connectivity index (χ0v) is 20.3. The maximum Gasteiger partial charge on any atom is 0.0822 e. The molecule has 0 heterocycles. The van der Waals surface area contributed by atoms with E-state index in [2.05, 4.69) is 52.5 Å². The van der Waals surface area contributed by atoms with E-state index in [1.165, 1.54) is 31.3 Å². The van der Waals surface area contributed by atoms with E-state index in [1.807, 2.05) is 13.0 Å². The van der Waals surface area contributed by atoms with E-state index in [0.29, 0.717) is 36.0 Å². The second-order valence-electron chi connectivity index (χ2n) is 11.3. The molecule has 0 aliphatic heterocycles. The molecule has 0 radical (unpaired) electrons. The van der Waals surface area contributed by atoms with Crippen LogP contribution in [0.25, 0.3) is 0 Å². The lowest BCUT2D eigenvalue weighted by Crippen LogP contribution is -2.36. The van der Waals surface area contributed by atoms with Crippen LogP contribution in [0.2, 0.25) is 0 Å². The second kappa shape index (κ2) is 9.37. The van der Waals surface area contributed by atoms with E-state index in [4.69, 9.17) is 0 Å². The van der Waals surface area contributed by atoms with Crippen LogP contribution in [0.4, 0.5) is 0 Å². The first-order valence-electron chi connectivity index (χ1n) is 12.3. The van der Waals surface area contributed by atoms with Crippen molar-refractivity contribution in [1.29, 1.82) is 0 Å². The Morgan fingerprint density at radius 1 is 1.16 bits per heavy atom. The highest BCUT2D eigenvalue weighted by molar-refractivity contribution is 5.38. The largest absolute Gasteiger partial charge is 0.393 e. The summed E-state index contributed by atoms with van der Waals surface area (Å²) in [6, 6.07) is 0. The van der Waals surface area contributed by atoms with Crippen molar-refractivity contribution in [3.8, 4) is 0 Å². The van der Waals surface area contributed by atoms with Crippen molar-refractivity contribution in [2.24, 2.45) is 29.1 Å². The zero-order valence-electron chi connectivity index (χ0n) is 20.3. The monoisotopic (exact) mass is 428 g/mol. The van der Waals surface area contributed by atoms with Crippen molar-refractivity contribution in [3.63, 3.8) is 0 Å². The Labute approximate surface area is 189 Å². The van der Waals surface area contributed by atoms with Crippen LogP contribution >= 0.6 is 0 Å². The number of allylic oxidation sites excluding steroid dienone is 4. The molecule has 0 aromatic carbocycles. The molecule has 3 N–H and O–H groups in total. The molecule has 3 aliphatic rings. The van der Waals surface area contributed by atoms with E-state index in [-0.39, 0.29) is 5.92 Å². The average Bonchev–Trinajstić information content (AvgIpc) is 3.05. The van der Waals surface area contributed by atoms with Crippen molar-refractivity contribution in [2.45, 2.75) is 97.4 Å². The maximum atomic E-state index is 10.6. The third kappa shape index (κ3) is 5.10. The molecule has 3 rings (SSSR count).